The van der Waals surface area contributed by atoms with Crippen molar-refractivity contribution in [1.82, 2.24) is 9.29 Å². The van der Waals surface area contributed by atoms with Crippen molar-refractivity contribution < 1.29 is 22.7 Å². The number of ether oxygens (including phenoxy) is 2. The van der Waals surface area contributed by atoms with Crippen LogP contribution in [-0.2, 0) is 14.8 Å². The monoisotopic (exact) mass is 488 g/mol. The van der Waals surface area contributed by atoms with Gasteiger partial charge in [-0.15, -0.1) is 0 Å². The summed E-state index contributed by atoms with van der Waals surface area (Å²) in [4.78, 5) is 19.7. The van der Waals surface area contributed by atoms with Gasteiger partial charge in [0.05, 0.1) is 35.5 Å². The molecule has 0 atom stereocenters. The van der Waals surface area contributed by atoms with Gasteiger partial charge in [-0.2, -0.15) is 4.31 Å². The molecule has 0 aliphatic carbocycles. The van der Waals surface area contributed by atoms with Gasteiger partial charge >= 0.3 is 0 Å². The highest BCUT2D eigenvalue weighted by Gasteiger charge is 2.27. The van der Waals surface area contributed by atoms with Crippen LogP contribution in [-0.4, -0.2) is 69.1 Å². The molecule has 2 aliphatic heterocycles. The average Bonchev–Trinajstić information content (AvgIpc) is 2.86. The fraction of sp³-hybridized carbons (Fsp3) is 0.500. The van der Waals surface area contributed by atoms with Gasteiger partial charge in [-0.1, -0.05) is 6.42 Å². The molecule has 1 aromatic carbocycles. The van der Waals surface area contributed by atoms with Crippen molar-refractivity contribution in [2.75, 3.05) is 49.6 Å². The lowest BCUT2D eigenvalue weighted by Gasteiger charge is -2.27. The zero-order valence-electron chi connectivity index (χ0n) is 19.7. The first-order chi connectivity index (χ1) is 16.3. The van der Waals surface area contributed by atoms with Gasteiger partial charge in [0.25, 0.3) is 5.91 Å². The van der Waals surface area contributed by atoms with Crippen LogP contribution in [0.3, 0.4) is 0 Å². The third-order valence-electron chi connectivity index (χ3n) is 5.86. The summed E-state index contributed by atoms with van der Waals surface area (Å²) >= 11 is 0. The molecule has 1 aromatic heterocycles. The molecule has 10 heteroatoms. The minimum atomic E-state index is -3.65. The van der Waals surface area contributed by atoms with Crippen LogP contribution in [0, 0.1) is 0 Å². The molecule has 0 radical (unpaired) electrons. The van der Waals surface area contributed by atoms with Crippen LogP contribution in [0.15, 0.2) is 41.4 Å². The second kappa shape index (κ2) is 10.7. The second-order valence-electron chi connectivity index (χ2n) is 8.75. The normalized spacial score (nSPS) is 17.6. The second-order valence-corrected chi connectivity index (χ2v) is 10.7. The molecule has 4 rings (SSSR count). The summed E-state index contributed by atoms with van der Waals surface area (Å²) in [6.07, 6.45) is 4.12. The van der Waals surface area contributed by atoms with Crippen LogP contribution in [0.25, 0.3) is 0 Å². The van der Waals surface area contributed by atoms with Crippen molar-refractivity contribution >= 4 is 27.4 Å². The average molecular weight is 489 g/mol. The summed E-state index contributed by atoms with van der Waals surface area (Å²) in [5.41, 5.74) is 0.686. The predicted molar refractivity (Wildman–Crippen MR) is 130 cm³/mol. The Kier molecular flexibility index (Phi) is 7.70. The summed E-state index contributed by atoms with van der Waals surface area (Å²) in [7, 11) is -3.65. The van der Waals surface area contributed by atoms with E-state index in [0.717, 1.165) is 38.2 Å². The maximum Gasteiger partial charge on any atom is 0.257 e. The fourth-order valence-corrected chi connectivity index (χ4v) is 5.62. The number of nitrogens with one attached hydrogen (secondary N) is 1. The molecule has 1 amide bonds. The third kappa shape index (κ3) is 5.68. The van der Waals surface area contributed by atoms with E-state index in [1.54, 1.807) is 12.1 Å². The van der Waals surface area contributed by atoms with Crippen LogP contribution in [0.5, 0.6) is 5.75 Å². The summed E-state index contributed by atoms with van der Waals surface area (Å²) in [5.74, 6) is 0.819. The lowest BCUT2D eigenvalue weighted by atomic mass is 10.2. The Morgan fingerprint density at radius 1 is 1.06 bits per heavy atom. The molecular weight excluding hydrogens is 456 g/mol. The Bertz CT molecular complexity index is 1090. The number of morpholine rings is 1. The largest absolute Gasteiger partial charge is 0.489 e. The Labute approximate surface area is 201 Å². The Balaban J connectivity index is 1.56. The topological polar surface area (TPSA) is 101 Å². The van der Waals surface area contributed by atoms with Gasteiger partial charge in [0.2, 0.25) is 10.0 Å². The zero-order valence-corrected chi connectivity index (χ0v) is 20.5. The number of amides is 1. The lowest BCUT2D eigenvalue weighted by molar-refractivity contribution is 0.102. The van der Waals surface area contributed by atoms with Gasteiger partial charge < -0.3 is 19.7 Å². The number of piperidine rings is 1. The maximum atomic E-state index is 13.2. The smallest absolute Gasteiger partial charge is 0.257 e. The van der Waals surface area contributed by atoms with Crippen LogP contribution >= 0.6 is 0 Å². The number of pyridine rings is 1. The molecule has 0 bridgehead atoms. The van der Waals surface area contributed by atoms with E-state index >= 15 is 0 Å². The number of carbonyl (C=O) groups is 1. The quantitative estimate of drug-likeness (QED) is 0.639. The number of nitrogens with zero attached hydrogens (tertiary/aromatic N) is 3. The molecule has 0 unspecified atom stereocenters. The molecule has 9 nitrogen and oxygen atoms in total. The number of benzene rings is 1. The van der Waals surface area contributed by atoms with E-state index in [-0.39, 0.29) is 16.9 Å². The first kappa shape index (κ1) is 24.4. The third-order valence-corrected chi connectivity index (χ3v) is 7.75. The van der Waals surface area contributed by atoms with Crippen LogP contribution in [0.4, 0.5) is 11.5 Å². The maximum absolute atomic E-state index is 13.2. The molecule has 2 saturated heterocycles. The molecule has 34 heavy (non-hydrogen) atoms. The number of anilines is 2. The van der Waals surface area contributed by atoms with E-state index in [1.165, 1.54) is 22.6 Å². The van der Waals surface area contributed by atoms with E-state index in [4.69, 9.17) is 9.47 Å². The van der Waals surface area contributed by atoms with E-state index in [1.807, 2.05) is 19.9 Å². The number of sulfonamides is 1. The Hall–Kier alpha value is -2.69. The molecule has 3 heterocycles. The van der Waals surface area contributed by atoms with Crippen LogP contribution in [0.1, 0.15) is 43.5 Å². The first-order valence-corrected chi connectivity index (χ1v) is 13.2. The van der Waals surface area contributed by atoms with Gasteiger partial charge in [0.1, 0.15) is 11.6 Å². The minimum absolute atomic E-state index is 0.140. The van der Waals surface area contributed by atoms with Crippen molar-refractivity contribution in [2.45, 2.75) is 44.1 Å². The molecule has 184 valence electrons. The SMILES string of the molecule is CC(C)Oc1ccc(S(=O)(=O)N2CCCCC2)cc1NC(=O)c1ccc(N2CCOCC2)nc1. The summed E-state index contributed by atoms with van der Waals surface area (Å²) in [6.45, 7) is 7.58. The molecule has 0 spiro atoms. The zero-order chi connectivity index (χ0) is 24.1. The minimum Gasteiger partial charge on any atom is -0.489 e. The molecule has 2 fully saturated rings. The lowest BCUT2D eigenvalue weighted by Crippen LogP contribution is -2.36. The van der Waals surface area contributed by atoms with Gasteiger partial charge in [0, 0.05) is 32.4 Å². The molecule has 1 N–H and O–H groups in total. The fourth-order valence-electron chi connectivity index (χ4n) is 4.07. The van der Waals surface area contributed by atoms with E-state index < -0.39 is 10.0 Å². The van der Waals surface area contributed by atoms with Crippen LogP contribution in [0.2, 0.25) is 0 Å². The van der Waals surface area contributed by atoms with Gasteiger partial charge in [-0.3, -0.25) is 4.79 Å². The van der Waals surface area contributed by atoms with Gasteiger partial charge in [-0.05, 0) is 57.0 Å². The summed E-state index contributed by atoms with van der Waals surface area (Å²) in [6, 6.07) is 8.14. The van der Waals surface area contributed by atoms with Crippen molar-refractivity contribution in [1.29, 1.82) is 0 Å². The van der Waals surface area contributed by atoms with Crippen molar-refractivity contribution in [3.63, 3.8) is 0 Å². The number of hydrogen-bond donors (Lipinski definition) is 1. The summed E-state index contributed by atoms with van der Waals surface area (Å²) < 4.78 is 39.0. The van der Waals surface area contributed by atoms with Crippen LogP contribution < -0.4 is 15.0 Å². The summed E-state index contributed by atoms with van der Waals surface area (Å²) in [5, 5.41) is 2.83. The molecule has 0 saturated carbocycles. The molecule has 2 aliphatic rings. The first-order valence-electron chi connectivity index (χ1n) is 11.8. The Morgan fingerprint density at radius 3 is 2.44 bits per heavy atom. The highest BCUT2D eigenvalue weighted by molar-refractivity contribution is 7.89. The van der Waals surface area contributed by atoms with E-state index in [9.17, 15) is 13.2 Å². The highest BCUT2D eigenvalue weighted by atomic mass is 32.2. The number of hydrogen-bond acceptors (Lipinski definition) is 7. The standard InChI is InChI=1S/C24H32N4O5S/c1-18(2)33-22-8-7-20(34(30,31)28-10-4-3-5-11-28)16-21(22)26-24(29)19-6-9-23(25-17-19)27-12-14-32-15-13-27/h6-9,16-18H,3-5,10-15H2,1-2H3,(H,26,29). The van der Waals surface area contributed by atoms with Gasteiger partial charge in [-0.25, -0.2) is 13.4 Å². The highest BCUT2D eigenvalue weighted by Crippen LogP contribution is 2.31. The van der Waals surface area contributed by atoms with E-state index in [0.29, 0.717) is 43.3 Å². The Morgan fingerprint density at radius 2 is 1.79 bits per heavy atom. The van der Waals surface area contributed by atoms with E-state index in [2.05, 4.69) is 15.2 Å². The van der Waals surface area contributed by atoms with Crippen molar-refractivity contribution in [2.24, 2.45) is 0 Å². The number of rotatable bonds is 7. The number of aromatic nitrogens is 1. The number of carbonyl (C=O) groups excluding carboxylic acids is 1. The molecular formula is C24H32N4O5S. The van der Waals surface area contributed by atoms with Crippen molar-refractivity contribution in [3.8, 4) is 5.75 Å². The molecule has 2 aromatic rings. The van der Waals surface area contributed by atoms with Gasteiger partial charge in [0.15, 0.2) is 0 Å². The predicted octanol–water partition coefficient (Wildman–Crippen LogP) is 3.13. The van der Waals surface area contributed by atoms with Crippen molar-refractivity contribution in [3.05, 3.63) is 42.1 Å².